The third-order valence-electron chi connectivity index (χ3n) is 2.39. The number of hydrogen-bond donors (Lipinski definition) is 0. The van der Waals surface area contributed by atoms with Crippen molar-refractivity contribution in [3.8, 4) is 0 Å². The molecule has 0 atom stereocenters. The van der Waals surface area contributed by atoms with Crippen molar-refractivity contribution >= 4 is 26.7 Å². The summed E-state index contributed by atoms with van der Waals surface area (Å²) in [4.78, 5) is 0. The zero-order valence-electron chi connectivity index (χ0n) is 8.40. The van der Waals surface area contributed by atoms with Crippen LogP contribution in [0.3, 0.4) is 0 Å². The van der Waals surface area contributed by atoms with Crippen LogP contribution in [0.4, 0.5) is 13.2 Å². The largest absolute Gasteiger partial charge is 0.416 e. The molecule has 0 fully saturated rings. The van der Waals surface area contributed by atoms with Gasteiger partial charge < -0.3 is 0 Å². The molecule has 2 aromatic carbocycles. The molecule has 0 saturated carbocycles. The van der Waals surface area contributed by atoms with Crippen molar-refractivity contribution in [3.63, 3.8) is 0 Å². The zero-order valence-corrected chi connectivity index (χ0v) is 9.98. The number of benzene rings is 2. The van der Waals surface area contributed by atoms with Gasteiger partial charge in [0.2, 0.25) is 0 Å². The minimum atomic E-state index is -4.30. The number of aryl methyl sites for hydroxylation is 1. The lowest BCUT2D eigenvalue weighted by atomic mass is 10.0. The number of halogens is 4. The normalized spacial score (nSPS) is 12.1. The van der Waals surface area contributed by atoms with Crippen LogP contribution in [0.25, 0.3) is 10.8 Å². The topological polar surface area (TPSA) is 0 Å². The van der Waals surface area contributed by atoms with Crippen LogP contribution in [-0.4, -0.2) is 0 Å². The summed E-state index contributed by atoms with van der Waals surface area (Å²) >= 11 is 3.17. The summed E-state index contributed by atoms with van der Waals surface area (Å²) in [6, 6.07) is 7.64. The van der Waals surface area contributed by atoms with Crippen LogP contribution in [0.15, 0.2) is 34.8 Å². The quantitative estimate of drug-likeness (QED) is 0.645. The van der Waals surface area contributed by atoms with Crippen LogP contribution in [0.5, 0.6) is 0 Å². The SMILES string of the molecule is Cc1ccc2cc(C(F)(F)F)cc(Br)c2c1. The summed E-state index contributed by atoms with van der Waals surface area (Å²) in [7, 11) is 0. The molecule has 0 nitrogen and oxygen atoms in total. The van der Waals surface area contributed by atoms with Gasteiger partial charge in [0.05, 0.1) is 5.56 Å². The fourth-order valence-corrected chi connectivity index (χ4v) is 2.18. The van der Waals surface area contributed by atoms with Crippen LogP contribution in [0.2, 0.25) is 0 Å². The second-order valence-corrected chi connectivity index (χ2v) is 4.53. The van der Waals surface area contributed by atoms with Gasteiger partial charge in [0.1, 0.15) is 0 Å². The van der Waals surface area contributed by atoms with Gasteiger partial charge in [-0.1, -0.05) is 39.7 Å². The van der Waals surface area contributed by atoms with Gasteiger partial charge in [0.25, 0.3) is 0 Å². The maximum absolute atomic E-state index is 12.6. The van der Waals surface area contributed by atoms with Crippen LogP contribution in [0, 0.1) is 6.92 Å². The van der Waals surface area contributed by atoms with E-state index in [-0.39, 0.29) is 0 Å². The summed E-state index contributed by atoms with van der Waals surface area (Å²) < 4.78 is 38.1. The van der Waals surface area contributed by atoms with Crippen molar-refractivity contribution < 1.29 is 13.2 Å². The van der Waals surface area contributed by atoms with E-state index in [1.54, 1.807) is 12.1 Å². The van der Waals surface area contributed by atoms with E-state index in [2.05, 4.69) is 15.9 Å². The second kappa shape index (κ2) is 3.77. The Hall–Kier alpha value is -1.03. The molecule has 2 aromatic rings. The third-order valence-corrected chi connectivity index (χ3v) is 3.04. The average molecular weight is 289 g/mol. The molecule has 2 rings (SSSR count). The van der Waals surface area contributed by atoms with Crippen molar-refractivity contribution in [2.45, 2.75) is 13.1 Å². The Bertz CT molecular complexity index is 544. The minimum absolute atomic E-state index is 0.473. The van der Waals surface area contributed by atoms with Crippen molar-refractivity contribution in [1.82, 2.24) is 0 Å². The lowest BCUT2D eigenvalue weighted by molar-refractivity contribution is -0.137. The molecule has 0 bridgehead atoms. The lowest BCUT2D eigenvalue weighted by Gasteiger charge is -2.10. The molecule has 0 amide bonds. The molecule has 16 heavy (non-hydrogen) atoms. The monoisotopic (exact) mass is 288 g/mol. The predicted molar refractivity (Wildman–Crippen MR) is 61.4 cm³/mol. The lowest BCUT2D eigenvalue weighted by Crippen LogP contribution is -2.04. The fourth-order valence-electron chi connectivity index (χ4n) is 1.59. The molecular weight excluding hydrogens is 281 g/mol. The molecule has 0 unspecified atom stereocenters. The summed E-state index contributed by atoms with van der Waals surface area (Å²) in [5.41, 5.74) is 0.392. The molecule has 0 aliphatic rings. The minimum Gasteiger partial charge on any atom is -0.166 e. The van der Waals surface area contributed by atoms with E-state index in [0.29, 0.717) is 9.86 Å². The van der Waals surface area contributed by atoms with Gasteiger partial charge in [0, 0.05) is 4.47 Å². The maximum atomic E-state index is 12.6. The highest BCUT2D eigenvalue weighted by Crippen LogP contribution is 2.35. The average Bonchev–Trinajstić information content (AvgIpc) is 2.17. The smallest absolute Gasteiger partial charge is 0.166 e. The Balaban J connectivity index is 2.74. The number of alkyl halides is 3. The second-order valence-electron chi connectivity index (χ2n) is 3.68. The first kappa shape index (κ1) is 11.5. The van der Waals surface area contributed by atoms with Gasteiger partial charge in [-0.2, -0.15) is 13.2 Å². The van der Waals surface area contributed by atoms with E-state index >= 15 is 0 Å². The van der Waals surface area contributed by atoms with E-state index in [4.69, 9.17) is 0 Å². The van der Waals surface area contributed by atoms with Gasteiger partial charge in [-0.15, -0.1) is 0 Å². The van der Waals surface area contributed by atoms with E-state index < -0.39 is 11.7 Å². The molecule has 0 N–H and O–H groups in total. The van der Waals surface area contributed by atoms with Gasteiger partial charge in [0.15, 0.2) is 0 Å². The Labute approximate surface area is 99.2 Å². The zero-order chi connectivity index (χ0) is 11.9. The molecule has 0 heterocycles. The van der Waals surface area contributed by atoms with E-state index in [0.717, 1.165) is 17.0 Å². The highest BCUT2D eigenvalue weighted by Gasteiger charge is 2.31. The first-order valence-corrected chi connectivity index (χ1v) is 5.44. The van der Waals surface area contributed by atoms with Crippen LogP contribution in [-0.2, 0) is 6.18 Å². The third kappa shape index (κ3) is 2.07. The molecule has 0 aliphatic carbocycles. The molecular formula is C12H8BrF3. The van der Waals surface area contributed by atoms with E-state index in [1.165, 1.54) is 6.07 Å². The van der Waals surface area contributed by atoms with Crippen molar-refractivity contribution in [2.24, 2.45) is 0 Å². The Morgan fingerprint density at radius 2 is 1.75 bits per heavy atom. The summed E-state index contributed by atoms with van der Waals surface area (Å²) in [6.45, 7) is 1.91. The summed E-state index contributed by atoms with van der Waals surface area (Å²) in [5.74, 6) is 0. The fraction of sp³-hybridized carbons (Fsp3) is 0.167. The Morgan fingerprint density at radius 3 is 2.38 bits per heavy atom. The van der Waals surface area contributed by atoms with Crippen molar-refractivity contribution in [1.29, 1.82) is 0 Å². The predicted octanol–water partition coefficient (Wildman–Crippen LogP) is 4.93. The van der Waals surface area contributed by atoms with Crippen molar-refractivity contribution in [3.05, 3.63) is 45.9 Å². The number of rotatable bonds is 0. The molecule has 0 radical (unpaired) electrons. The van der Waals surface area contributed by atoms with Gasteiger partial charge in [-0.3, -0.25) is 0 Å². The summed E-state index contributed by atoms with van der Waals surface area (Å²) in [5, 5.41) is 1.39. The maximum Gasteiger partial charge on any atom is 0.416 e. The van der Waals surface area contributed by atoms with E-state index in [9.17, 15) is 13.2 Å². The van der Waals surface area contributed by atoms with Gasteiger partial charge >= 0.3 is 6.18 Å². The summed E-state index contributed by atoms with van der Waals surface area (Å²) in [6.07, 6.45) is -4.30. The Morgan fingerprint density at radius 1 is 1.06 bits per heavy atom. The van der Waals surface area contributed by atoms with E-state index in [1.807, 2.05) is 13.0 Å². The van der Waals surface area contributed by atoms with Gasteiger partial charge in [-0.05, 0) is 29.8 Å². The highest BCUT2D eigenvalue weighted by atomic mass is 79.9. The van der Waals surface area contributed by atoms with Crippen molar-refractivity contribution in [2.75, 3.05) is 0 Å². The molecule has 0 spiro atoms. The molecule has 4 heteroatoms. The first-order chi connectivity index (χ1) is 7.38. The number of fused-ring (bicyclic) bond motifs is 1. The molecule has 0 saturated heterocycles. The molecule has 84 valence electrons. The standard InChI is InChI=1S/C12H8BrF3/c1-7-2-3-8-5-9(12(14,15)16)6-11(13)10(8)4-7/h2-6H,1H3. The first-order valence-electron chi connectivity index (χ1n) is 4.65. The van der Waals surface area contributed by atoms with Crippen LogP contribution >= 0.6 is 15.9 Å². The van der Waals surface area contributed by atoms with Gasteiger partial charge in [-0.25, -0.2) is 0 Å². The molecule has 0 aromatic heterocycles. The van der Waals surface area contributed by atoms with Crippen LogP contribution in [0.1, 0.15) is 11.1 Å². The molecule has 0 aliphatic heterocycles. The number of hydrogen-bond acceptors (Lipinski definition) is 0. The highest BCUT2D eigenvalue weighted by molar-refractivity contribution is 9.10. The Kier molecular flexibility index (Phi) is 2.70. The van der Waals surface area contributed by atoms with Crippen LogP contribution < -0.4 is 0 Å².